The van der Waals surface area contributed by atoms with Gasteiger partial charge in [-0.1, -0.05) is 6.92 Å². The van der Waals surface area contributed by atoms with E-state index >= 15 is 0 Å². The molecular weight excluding hydrogens is 166 g/mol. The van der Waals surface area contributed by atoms with Crippen LogP contribution in [-0.4, -0.2) is 17.7 Å². The van der Waals surface area contributed by atoms with Crippen molar-refractivity contribution >= 4 is 6.09 Å². The molecule has 13 heavy (non-hydrogen) atoms. The van der Waals surface area contributed by atoms with E-state index in [1.165, 1.54) is 6.42 Å². The van der Waals surface area contributed by atoms with E-state index in [0.29, 0.717) is 0 Å². The van der Waals surface area contributed by atoms with Crippen LogP contribution in [0.4, 0.5) is 4.79 Å². The van der Waals surface area contributed by atoms with Crippen LogP contribution in [0, 0.1) is 0 Å². The lowest BCUT2D eigenvalue weighted by Gasteiger charge is -2.41. The SMILES string of the molecule is CCC1(NC(=O)OC(C)C)CCC1. The molecule has 0 aromatic carbocycles. The molecule has 0 radical (unpaired) electrons. The highest BCUT2D eigenvalue weighted by Crippen LogP contribution is 2.34. The number of alkyl carbamates (subject to hydrolysis) is 1. The van der Waals surface area contributed by atoms with E-state index in [2.05, 4.69) is 12.2 Å². The van der Waals surface area contributed by atoms with Crippen LogP contribution in [0.25, 0.3) is 0 Å². The van der Waals surface area contributed by atoms with Gasteiger partial charge in [-0.15, -0.1) is 0 Å². The summed E-state index contributed by atoms with van der Waals surface area (Å²) in [5.74, 6) is 0. The number of hydrogen-bond acceptors (Lipinski definition) is 2. The van der Waals surface area contributed by atoms with Gasteiger partial charge >= 0.3 is 6.09 Å². The van der Waals surface area contributed by atoms with Crippen molar-refractivity contribution in [3.05, 3.63) is 0 Å². The van der Waals surface area contributed by atoms with Gasteiger partial charge in [0.1, 0.15) is 0 Å². The standard InChI is InChI=1S/C10H19NO2/c1-4-10(6-5-7-10)11-9(12)13-8(2)3/h8H,4-7H2,1-3H3,(H,11,12). The van der Waals surface area contributed by atoms with Gasteiger partial charge in [0.15, 0.2) is 0 Å². The summed E-state index contributed by atoms with van der Waals surface area (Å²) in [5.41, 5.74) is 0.0476. The molecule has 1 rings (SSSR count). The third-order valence-electron chi connectivity index (χ3n) is 2.70. The molecule has 1 amide bonds. The Bertz CT molecular complexity index is 180. The highest BCUT2D eigenvalue weighted by molar-refractivity contribution is 5.68. The minimum Gasteiger partial charge on any atom is -0.447 e. The Kier molecular flexibility index (Phi) is 3.17. The Hall–Kier alpha value is -0.730. The molecule has 0 atom stereocenters. The fourth-order valence-electron chi connectivity index (χ4n) is 1.63. The van der Waals surface area contributed by atoms with E-state index in [0.717, 1.165) is 19.3 Å². The number of amides is 1. The topological polar surface area (TPSA) is 38.3 Å². The molecule has 0 bridgehead atoms. The number of rotatable bonds is 3. The minimum absolute atomic E-state index is 0.0333. The molecule has 0 heterocycles. The molecular formula is C10H19NO2. The lowest BCUT2D eigenvalue weighted by atomic mass is 9.75. The lowest BCUT2D eigenvalue weighted by molar-refractivity contribution is 0.0878. The summed E-state index contributed by atoms with van der Waals surface area (Å²) in [6, 6.07) is 0. The summed E-state index contributed by atoms with van der Waals surface area (Å²) in [6.07, 6.45) is 4.11. The van der Waals surface area contributed by atoms with Crippen LogP contribution in [0.3, 0.4) is 0 Å². The first-order chi connectivity index (χ1) is 6.08. The van der Waals surface area contributed by atoms with Gasteiger partial charge in [0.2, 0.25) is 0 Å². The third-order valence-corrected chi connectivity index (χ3v) is 2.70. The van der Waals surface area contributed by atoms with Crippen LogP contribution in [-0.2, 0) is 4.74 Å². The van der Waals surface area contributed by atoms with Gasteiger partial charge in [-0.3, -0.25) is 0 Å². The number of hydrogen-bond donors (Lipinski definition) is 1. The molecule has 1 aliphatic carbocycles. The van der Waals surface area contributed by atoms with E-state index in [1.807, 2.05) is 13.8 Å². The van der Waals surface area contributed by atoms with Crippen LogP contribution in [0.1, 0.15) is 46.5 Å². The zero-order chi connectivity index (χ0) is 9.90. The Labute approximate surface area is 79.8 Å². The molecule has 0 aliphatic heterocycles. The maximum atomic E-state index is 11.3. The van der Waals surface area contributed by atoms with Crippen LogP contribution in [0.2, 0.25) is 0 Å². The van der Waals surface area contributed by atoms with Gasteiger partial charge in [-0.2, -0.15) is 0 Å². The molecule has 1 N–H and O–H groups in total. The van der Waals surface area contributed by atoms with Crippen molar-refractivity contribution in [2.24, 2.45) is 0 Å². The Balaban J connectivity index is 2.34. The van der Waals surface area contributed by atoms with Crippen molar-refractivity contribution in [1.29, 1.82) is 0 Å². The van der Waals surface area contributed by atoms with Crippen LogP contribution in [0.15, 0.2) is 0 Å². The Morgan fingerprint density at radius 3 is 2.46 bits per heavy atom. The molecule has 0 aromatic heterocycles. The molecule has 3 nitrogen and oxygen atoms in total. The zero-order valence-electron chi connectivity index (χ0n) is 8.72. The van der Waals surface area contributed by atoms with E-state index in [9.17, 15) is 4.79 Å². The van der Waals surface area contributed by atoms with Crippen LogP contribution >= 0.6 is 0 Å². The van der Waals surface area contributed by atoms with Crippen molar-refractivity contribution in [3.63, 3.8) is 0 Å². The summed E-state index contributed by atoms with van der Waals surface area (Å²) in [7, 11) is 0. The van der Waals surface area contributed by atoms with Gasteiger partial charge in [0.25, 0.3) is 0 Å². The van der Waals surface area contributed by atoms with Gasteiger partial charge < -0.3 is 10.1 Å². The van der Waals surface area contributed by atoms with Gasteiger partial charge in [0, 0.05) is 5.54 Å². The molecule has 0 spiro atoms. The van der Waals surface area contributed by atoms with Crippen molar-refractivity contribution in [3.8, 4) is 0 Å². The average Bonchev–Trinajstić information content (AvgIpc) is 1.95. The summed E-state index contributed by atoms with van der Waals surface area (Å²) in [6.45, 7) is 5.83. The van der Waals surface area contributed by atoms with Gasteiger partial charge in [-0.25, -0.2) is 4.79 Å². The Morgan fingerprint density at radius 1 is 1.54 bits per heavy atom. The first-order valence-corrected chi connectivity index (χ1v) is 5.07. The molecule has 0 aromatic rings. The van der Waals surface area contributed by atoms with Crippen molar-refractivity contribution in [2.45, 2.75) is 58.1 Å². The summed E-state index contributed by atoms with van der Waals surface area (Å²) in [4.78, 5) is 11.3. The van der Waals surface area contributed by atoms with E-state index in [1.54, 1.807) is 0 Å². The van der Waals surface area contributed by atoms with Crippen molar-refractivity contribution < 1.29 is 9.53 Å². The summed E-state index contributed by atoms with van der Waals surface area (Å²) in [5, 5.41) is 2.95. The Morgan fingerprint density at radius 2 is 2.15 bits per heavy atom. The zero-order valence-corrected chi connectivity index (χ0v) is 8.72. The number of carbonyl (C=O) groups excluding carboxylic acids is 1. The molecule has 1 aliphatic rings. The molecule has 1 saturated carbocycles. The van der Waals surface area contributed by atoms with Crippen LogP contribution in [0.5, 0.6) is 0 Å². The summed E-state index contributed by atoms with van der Waals surface area (Å²) >= 11 is 0. The highest BCUT2D eigenvalue weighted by Gasteiger charge is 2.36. The monoisotopic (exact) mass is 185 g/mol. The first-order valence-electron chi connectivity index (χ1n) is 5.07. The molecule has 3 heteroatoms. The van der Waals surface area contributed by atoms with Crippen molar-refractivity contribution in [2.75, 3.05) is 0 Å². The molecule has 0 saturated heterocycles. The second kappa shape index (κ2) is 3.99. The number of nitrogens with one attached hydrogen (secondary N) is 1. The predicted octanol–water partition coefficient (Wildman–Crippen LogP) is 2.45. The quantitative estimate of drug-likeness (QED) is 0.733. The normalized spacial score (nSPS) is 19.4. The highest BCUT2D eigenvalue weighted by atomic mass is 16.6. The number of ether oxygens (including phenoxy) is 1. The molecule has 76 valence electrons. The van der Waals surface area contributed by atoms with E-state index < -0.39 is 0 Å². The largest absolute Gasteiger partial charge is 0.447 e. The maximum absolute atomic E-state index is 11.3. The van der Waals surface area contributed by atoms with E-state index in [-0.39, 0.29) is 17.7 Å². The van der Waals surface area contributed by atoms with Gasteiger partial charge in [-0.05, 0) is 39.5 Å². The fraction of sp³-hybridized carbons (Fsp3) is 0.900. The van der Waals surface area contributed by atoms with E-state index in [4.69, 9.17) is 4.74 Å². The average molecular weight is 185 g/mol. The maximum Gasteiger partial charge on any atom is 0.407 e. The number of carbonyl (C=O) groups is 1. The minimum atomic E-state index is -0.267. The fourth-order valence-corrected chi connectivity index (χ4v) is 1.63. The predicted molar refractivity (Wildman–Crippen MR) is 51.6 cm³/mol. The molecule has 1 fully saturated rings. The third kappa shape index (κ3) is 2.61. The van der Waals surface area contributed by atoms with Gasteiger partial charge in [0.05, 0.1) is 6.10 Å². The second-order valence-corrected chi connectivity index (χ2v) is 4.07. The van der Waals surface area contributed by atoms with Crippen molar-refractivity contribution in [1.82, 2.24) is 5.32 Å². The first kappa shape index (κ1) is 10.4. The molecule has 0 unspecified atom stereocenters. The lowest BCUT2D eigenvalue weighted by Crippen LogP contribution is -2.53. The summed E-state index contributed by atoms with van der Waals surface area (Å²) < 4.78 is 5.03. The van der Waals surface area contributed by atoms with Crippen LogP contribution < -0.4 is 5.32 Å². The smallest absolute Gasteiger partial charge is 0.407 e. The second-order valence-electron chi connectivity index (χ2n) is 4.07.